The van der Waals surface area contributed by atoms with E-state index in [0.29, 0.717) is 10.8 Å². The van der Waals surface area contributed by atoms with Crippen LogP contribution in [-0.2, 0) is 0 Å². The van der Waals surface area contributed by atoms with Gasteiger partial charge >= 0.3 is 0 Å². The van der Waals surface area contributed by atoms with Crippen molar-refractivity contribution in [3.63, 3.8) is 0 Å². The molecular weight excluding hydrogens is 463 g/mol. The largest absolute Gasteiger partial charge is 0.0826 e. The predicted octanol–water partition coefficient (Wildman–Crippen LogP) is 9.30. The summed E-state index contributed by atoms with van der Waals surface area (Å²) in [4.78, 5) is 0. The number of hydrogen-bond donors (Lipinski definition) is 0. The molecule has 0 heterocycles. The van der Waals surface area contributed by atoms with Crippen LogP contribution in [-0.4, -0.2) is 3.92 Å². The van der Waals surface area contributed by atoms with Gasteiger partial charge in [0.05, 0.1) is 0 Å². The Morgan fingerprint density at radius 3 is 2.31 bits per heavy atom. The van der Waals surface area contributed by atoms with Gasteiger partial charge < -0.3 is 0 Å². The first-order chi connectivity index (χ1) is 13.8. The van der Waals surface area contributed by atoms with Crippen molar-refractivity contribution in [1.82, 2.24) is 0 Å². The number of fused-ring (bicyclic) bond motifs is 5. The van der Waals surface area contributed by atoms with Crippen molar-refractivity contribution in [3.8, 4) is 0 Å². The molecule has 4 fully saturated rings. The molecular formula is C28H49I. The Bertz CT molecular complexity index is 555. The Labute approximate surface area is 196 Å². The van der Waals surface area contributed by atoms with Crippen molar-refractivity contribution in [2.75, 3.05) is 0 Å². The summed E-state index contributed by atoms with van der Waals surface area (Å²) in [5, 5.41) is 0. The molecule has 0 saturated heterocycles. The quantitative estimate of drug-likeness (QED) is 0.254. The molecule has 0 N–H and O–H groups in total. The molecule has 4 aliphatic rings. The van der Waals surface area contributed by atoms with Crippen molar-refractivity contribution in [3.05, 3.63) is 0 Å². The molecule has 0 amide bonds. The lowest BCUT2D eigenvalue weighted by molar-refractivity contribution is -0.147. The van der Waals surface area contributed by atoms with E-state index in [1.165, 1.54) is 51.4 Å². The zero-order valence-electron chi connectivity index (χ0n) is 20.2. The van der Waals surface area contributed by atoms with Crippen LogP contribution in [0.15, 0.2) is 0 Å². The van der Waals surface area contributed by atoms with Crippen LogP contribution >= 0.6 is 22.6 Å². The van der Waals surface area contributed by atoms with E-state index in [1.54, 1.807) is 32.1 Å². The van der Waals surface area contributed by atoms with Crippen LogP contribution in [0.25, 0.3) is 0 Å². The van der Waals surface area contributed by atoms with Gasteiger partial charge in [-0.25, -0.2) is 0 Å². The Hall–Kier alpha value is 0.730. The van der Waals surface area contributed by atoms with E-state index >= 15 is 0 Å². The number of rotatable bonds is 5. The predicted molar refractivity (Wildman–Crippen MR) is 135 cm³/mol. The molecule has 0 aromatic carbocycles. The van der Waals surface area contributed by atoms with Crippen LogP contribution in [0.3, 0.4) is 0 Å². The Kier molecular flexibility index (Phi) is 7.06. The minimum absolute atomic E-state index is 0.653. The maximum absolute atomic E-state index is 2.77. The van der Waals surface area contributed by atoms with Gasteiger partial charge in [0.15, 0.2) is 0 Å². The van der Waals surface area contributed by atoms with Crippen molar-refractivity contribution < 1.29 is 0 Å². The molecule has 9 atom stereocenters. The van der Waals surface area contributed by atoms with Crippen molar-refractivity contribution in [2.24, 2.45) is 52.3 Å². The molecule has 0 aromatic heterocycles. The molecule has 4 aliphatic carbocycles. The van der Waals surface area contributed by atoms with E-state index in [1.807, 2.05) is 0 Å². The van der Waals surface area contributed by atoms with E-state index < -0.39 is 0 Å². The topological polar surface area (TPSA) is 0 Å². The summed E-state index contributed by atoms with van der Waals surface area (Å²) >= 11 is 2.76. The lowest BCUT2D eigenvalue weighted by Crippen LogP contribution is -2.56. The van der Waals surface area contributed by atoms with E-state index in [-0.39, 0.29) is 0 Å². The van der Waals surface area contributed by atoms with Crippen LogP contribution < -0.4 is 0 Å². The third-order valence-electron chi connectivity index (χ3n) is 11.0. The van der Waals surface area contributed by atoms with Crippen molar-refractivity contribution in [1.29, 1.82) is 0 Å². The molecule has 0 nitrogen and oxygen atoms in total. The van der Waals surface area contributed by atoms with Gasteiger partial charge in [-0.3, -0.25) is 0 Å². The Morgan fingerprint density at radius 1 is 0.828 bits per heavy atom. The van der Waals surface area contributed by atoms with E-state index in [0.717, 1.165) is 45.3 Å². The van der Waals surface area contributed by atoms with Crippen LogP contribution in [0.2, 0.25) is 0 Å². The first-order valence-corrected chi connectivity index (χ1v) is 14.6. The molecule has 0 aliphatic heterocycles. The standard InChI is InChI=1S/C28H49I/c1-19(2)8-6-9-20(3)24-10-7-11-25-23-13-12-21-18-22(29)14-16-27(21,4)26(23)15-17-28(24,25)5/h19-26H,6-18H2,1-5H3/t20?,21?,22?,23?,24-,25?,26?,27+,28-/m1/s1. The molecule has 6 unspecified atom stereocenters. The average molecular weight is 513 g/mol. The SMILES string of the molecule is CC(C)CCCC(C)[C@H]1CCCC2C3CCC4CC(I)CC[C@]4(C)C3CC[C@@]21C. The molecule has 0 aromatic rings. The van der Waals surface area contributed by atoms with Crippen molar-refractivity contribution >= 4 is 22.6 Å². The Balaban J connectivity index is 1.49. The highest BCUT2D eigenvalue weighted by Crippen LogP contribution is 2.67. The fraction of sp³-hybridized carbons (Fsp3) is 1.00. The summed E-state index contributed by atoms with van der Waals surface area (Å²) < 4.78 is 0.960. The highest BCUT2D eigenvalue weighted by molar-refractivity contribution is 14.1. The summed E-state index contributed by atoms with van der Waals surface area (Å²) in [6.45, 7) is 12.9. The number of halogens is 1. The highest BCUT2D eigenvalue weighted by Gasteiger charge is 2.59. The highest BCUT2D eigenvalue weighted by atomic mass is 127. The normalized spacial score (nSPS) is 48.5. The molecule has 0 bridgehead atoms. The van der Waals surface area contributed by atoms with E-state index in [9.17, 15) is 0 Å². The maximum atomic E-state index is 2.77. The van der Waals surface area contributed by atoms with Crippen LogP contribution in [0.4, 0.5) is 0 Å². The Morgan fingerprint density at radius 2 is 1.55 bits per heavy atom. The van der Waals surface area contributed by atoms with E-state index in [4.69, 9.17) is 0 Å². The monoisotopic (exact) mass is 512 g/mol. The van der Waals surface area contributed by atoms with Crippen molar-refractivity contribution in [2.45, 2.75) is 122 Å². The summed E-state index contributed by atoms with van der Waals surface area (Å²) in [7, 11) is 0. The first kappa shape index (κ1) is 22.9. The van der Waals surface area contributed by atoms with Gasteiger partial charge in [-0.1, -0.05) is 82.9 Å². The summed E-state index contributed by atoms with van der Waals surface area (Å²) in [6.07, 6.45) is 19.8. The molecule has 0 spiro atoms. The first-order valence-electron chi connectivity index (χ1n) is 13.4. The van der Waals surface area contributed by atoms with Crippen LogP contribution in [0.5, 0.6) is 0 Å². The summed E-state index contributed by atoms with van der Waals surface area (Å²) in [5.74, 6) is 7.02. The molecule has 0 radical (unpaired) electrons. The lowest BCUT2D eigenvalue weighted by atomic mass is 9.41. The molecule has 168 valence electrons. The van der Waals surface area contributed by atoms with Crippen LogP contribution in [0.1, 0.15) is 118 Å². The molecule has 29 heavy (non-hydrogen) atoms. The summed E-state index contributed by atoms with van der Waals surface area (Å²) in [5.41, 5.74) is 1.34. The zero-order chi connectivity index (χ0) is 20.8. The minimum Gasteiger partial charge on any atom is -0.0826 e. The van der Waals surface area contributed by atoms with E-state index in [2.05, 4.69) is 57.2 Å². The fourth-order valence-electron chi connectivity index (χ4n) is 9.43. The van der Waals surface area contributed by atoms with Gasteiger partial charge in [-0.2, -0.15) is 0 Å². The van der Waals surface area contributed by atoms with Gasteiger partial charge in [-0.05, 0) is 110 Å². The maximum Gasteiger partial charge on any atom is 0.0113 e. The lowest BCUT2D eigenvalue weighted by Gasteiger charge is -2.64. The van der Waals surface area contributed by atoms with Gasteiger partial charge in [0.2, 0.25) is 0 Å². The van der Waals surface area contributed by atoms with Gasteiger partial charge in [-0.15, -0.1) is 0 Å². The smallest absolute Gasteiger partial charge is 0.0113 e. The summed E-state index contributed by atoms with van der Waals surface area (Å²) in [6, 6.07) is 0. The van der Waals surface area contributed by atoms with Crippen LogP contribution in [0, 0.1) is 52.3 Å². The van der Waals surface area contributed by atoms with Gasteiger partial charge in [0.1, 0.15) is 0 Å². The second-order valence-electron chi connectivity index (χ2n) is 12.9. The average Bonchev–Trinajstić information content (AvgIpc) is 2.67. The second-order valence-corrected chi connectivity index (χ2v) is 14.7. The third kappa shape index (κ3) is 4.22. The molecule has 4 rings (SSSR count). The number of alkyl halides is 1. The van der Waals surface area contributed by atoms with Gasteiger partial charge in [0, 0.05) is 3.92 Å². The molecule has 4 saturated carbocycles. The fourth-order valence-corrected chi connectivity index (χ4v) is 10.4. The van der Waals surface area contributed by atoms with Gasteiger partial charge in [0.25, 0.3) is 0 Å². The molecule has 1 heteroatoms. The minimum atomic E-state index is 0.653. The number of hydrogen-bond acceptors (Lipinski definition) is 0. The zero-order valence-corrected chi connectivity index (χ0v) is 22.3. The second kappa shape index (κ2) is 8.93. The third-order valence-corrected chi connectivity index (χ3v) is 12.2.